The Balaban J connectivity index is 2.37. The molecule has 0 aliphatic heterocycles. The Hall–Kier alpha value is -2.81. The summed E-state index contributed by atoms with van der Waals surface area (Å²) >= 11 is 0. The Bertz CT molecular complexity index is 752. The van der Waals surface area contributed by atoms with E-state index in [9.17, 15) is 14.9 Å². The van der Waals surface area contributed by atoms with Gasteiger partial charge in [0, 0.05) is 11.8 Å². The summed E-state index contributed by atoms with van der Waals surface area (Å²) in [6.07, 6.45) is 1.05. The zero-order chi connectivity index (χ0) is 19.1. The fourth-order valence-corrected chi connectivity index (χ4v) is 2.63. The summed E-state index contributed by atoms with van der Waals surface area (Å²) in [5.74, 6) is -0.420. The van der Waals surface area contributed by atoms with Crippen molar-refractivity contribution >= 4 is 23.0 Å². The number of nitrogens with two attached hydrogens (primary N) is 3. The van der Waals surface area contributed by atoms with E-state index in [0.29, 0.717) is 24.9 Å². The highest BCUT2D eigenvalue weighted by Crippen LogP contribution is 2.34. The van der Waals surface area contributed by atoms with Crippen LogP contribution in [0.15, 0.2) is 54.6 Å². The minimum Gasteiger partial charge on any atom is -0.320 e. The Labute approximate surface area is 151 Å². The summed E-state index contributed by atoms with van der Waals surface area (Å²) in [5, 5.41) is 11.4. The van der Waals surface area contributed by atoms with Crippen molar-refractivity contribution < 1.29 is 9.72 Å². The minimum atomic E-state index is -0.825. The van der Waals surface area contributed by atoms with Crippen LogP contribution in [0, 0.1) is 10.1 Å². The van der Waals surface area contributed by atoms with Gasteiger partial charge in [-0.1, -0.05) is 30.3 Å². The molecule has 0 fully saturated rings. The molecule has 8 heteroatoms. The van der Waals surface area contributed by atoms with E-state index in [1.54, 1.807) is 42.5 Å². The maximum atomic E-state index is 13.0. The van der Waals surface area contributed by atoms with Crippen molar-refractivity contribution in [3.05, 3.63) is 64.7 Å². The topological polar surface area (TPSA) is 142 Å². The summed E-state index contributed by atoms with van der Waals surface area (Å²) in [7, 11) is 0. The molecule has 2 rings (SSSR count). The molecule has 138 valence electrons. The first kappa shape index (κ1) is 19.5. The summed E-state index contributed by atoms with van der Waals surface area (Å²) in [4.78, 5) is 25.2. The minimum absolute atomic E-state index is 0.166. The van der Waals surface area contributed by atoms with E-state index in [1.807, 2.05) is 0 Å². The quantitative estimate of drug-likeness (QED) is 0.375. The van der Waals surface area contributed by atoms with Crippen molar-refractivity contribution in [1.82, 2.24) is 0 Å². The normalized spacial score (nSPS) is 12.0. The number of hydrogen-bond donors (Lipinski definition) is 3. The van der Waals surface area contributed by atoms with Crippen molar-refractivity contribution in [2.24, 2.45) is 17.2 Å². The summed E-state index contributed by atoms with van der Waals surface area (Å²) in [6, 6.07) is 14.0. The number of benzene rings is 2. The van der Waals surface area contributed by atoms with E-state index in [-0.39, 0.29) is 11.4 Å². The van der Waals surface area contributed by atoms with E-state index in [1.165, 1.54) is 17.0 Å². The van der Waals surface area contributed by atoms with E-state index in [0.717, 1.165) is 0 Å². The Kier molecular flexibility index (Phi) is 6.79. The standard InChI is InChI=1S/C18H23N5O3/c19-14(9-6-12-17(20)21)18(24)22(13-7-2-1-3-8-13)15-10-4-5-11-16(15)23(25)26/h1-5,7-8,10-11,14,17H,6,9,12,19-21H2/t14-/m0/s1. The van der Waals surface area contributed by atoms with Gasteiger partial charge in [0.2, 0.25) is 5.91 Å². The number of anilines is 2. The van der Waals surface area contributed by atoms with E-state index in [2.05, 4.69) is 0 Å². The van der Waals surface area contributed by atoms with Crippen LogP contribution in [0.3, 0.4) is 0 Å². The number of nitro benzene ring substituents is 1. The van der Waals surface area contributed by atoms with Crippen molar-refractivity contribution in [1.29, 1.82) is 0 Å². The van der Waals surface area contributed by atoms with Gasteiger partial charge in [0.1, 0.15) is 5.69 Å². The highest BCUT2D eigenvalue weighted by molar-refractivity contribution is 6.05. The molecule has 0 aromatic heterocycles. The second-order valence-corrected chi connectivity index (χ2v) is 5.96. The highest BCUT2D eigenvalue weighted by Gasteiger charge is 2.28. The van der Waals surface area contributed by atoms with Crippen LogP contribution in [0.5, 0.6) is 0 Å². The van der Waals surface area contributed by atoms with Gasteiger partial charge in [-0.3, -0.25) is 19.8 Å². The molecule has 0 heterocycles. The molecule has 1 amide bonds. The molecule has 0 aliphatic carbocycles. The summed E-state index contributed by atoms with van der Waals surface area (Å²) in [6.45, 7) is 0. The Morgan fingerprint density at radius 2 is 1.62 bits per heavy atom. The molecule has 2 aromatic carbocycles. The van der Waals surface area contributed by atoms with Crippen LogP contribution in [-0.2, 0) is 4.79 Å². The van der Waals surface area contributed by atoms with Gasteiger partial charge in [0.25, 0.3) is 5.69 Å². The largest absolute Gasteiger partial charge is 0.320 e. The monoisotopic (exact) mass is 357 g/mol. The molecule has 0 saturated heterocycles. The fraction of sp³-hybridized carbons (Fsp3) is 0.278. The van der Waals surface area contributed by atoms with Gasteiger partial charge in [-0.2, -0.15) is 0 Å². The van der Waals surface area contributed by atoms with Gasteiger partial charge in [-0.25, -0.2) is 0 Å². The lowest BCUT2D eigenvalue weighted by Crippen LogP contribution is -2.42. The van der Waals surface area contributed by atoms with Crippen molar-refractivity contribution in [3.8, 4) is 0 Å². The predicted octanol–water partition coefficient (Wildman–Crippen LogP) is 2.00. The predicted molar refractivity (Wildman–Crippen MR) is 101 cm³/mol. The van der Waals surface area contributed by atoms with Gasteiger partial charge in [0.05, 0.1) is 17.1 Å². The highest BCUT2D eigenvalue weighted by atomic mass is 16.6. The SMILES string of the molecule is NC(N)CCC[C@H](N)C(=O)N(c1ccccc1)c1ccccc1[N+](=O)[O-]. The zero-order valence-corrected chi connectivity index (χ0v) is 14.3. The fourth-order valence-electron chi connectivity index (χ4n) is 2.63. The maximum Gasteiger partial charge on any atom is 0.293 e. The van der Waals surface area contributed by atoms with E-state index in [4.69, 9.17) is 17.2 Å². The molecule has 26 heavy (non-hydrogen) atoms. The average Bonchev–Trinajstić information content (AvgIpc) is 2.62. The number of para-hydroxylation sites is 3. The van der Waals surface area contributed by atoms with E-state index < -0.39 is 23.0 Å². The Morgan fingerprint density at radius 3 is 2.23 bits per heavy atom. The van der Waals surface area contributed by atoms with Gasteiger partial charge in [0.15, 0.2) is 0 Å². The van der Waals surface area contributed by atoms with Crippen LogP contribution in [0.1, 0.15) is 19.3 Å². The molecule has 0 aliphatic rings. The number of nitrogens with zero attached hydrogens (tertiary/aromatic N) is 2. The number of amides is 1. The smallest absolute Gasteiger partial charge is 0.293 e. The lowest BCUT2D eigenvalue weighted by atomic mass is 10.1. The van der Waals surface area contributed by atoms with Crippen molar-refractivity contribution in [3.63, 3.8) is 0 Å². The molecule has 0 radical (unpaired) electrons. The van der Waals surface area contributed by atoms with Crippen LogP contribution in [0.4, 0.5) is 17.1 Å². The molecule has 0 bridgehead atoms. The van der Waals surface area contributed by atoms with Crippen molar-refractivity contribution in [2.75, 3.05) is 4.90 Å². The molecule has 8 nitrogen and oxygen atoms in total. The number of rotatable bonds is 8. The second-order valence-electron chi connectivity index (χ2n) is 5.96. The van der Waals surface area contributed by atoms with Crippen LogP contribution < -0.4 is 22.1 Å². The van der Waals surface area contributed by atoms with E-state index >= 15 is 0 Å². The second kappa shape index (κ2) is 9.04. The third-order valence-corrected chi connectivity index (χ3v) is 3.92. The van der Waals surface area contributed by atoms with Gasteiger partial charge < -0.3 is 17.2 Å². The third kappa shape index (κ3) is 4.85. The van der Waals surface area contributed by atoms with Gasteiger partial charge in [-0.05, 0) is 37.5 Å². The maximum absolute atomic E-state index is 13.0. The molecular formula is C18H23N5O3. The van der Waals surface area contributed by atoms with Gasteiger partial charge >= 0.3 is 0 Å². The molecule has 1 atom stereocenters. The first-order valence-corrected chi connectivity index (χ1v) is 8.31. The van der Waals surface area contributed by atoms with Gasteiger partial charge in [-0.15, -0.1) is 0 Å². The molecule has 0 unspecified atom stereocenters. The molecule has 2 aromatic rings. The number of carbonyl (C=O) groups is 1. The van der Waals surface area contributed by atoms with Crippen LogP contribution in [0.25, 0.3) is 0 Å². The summed E-state index contributed by atoms with van der Waals surface area (Å²) in [5.41, 5.74) is 17.6. The van der Waals surface area contributed by atoms with Crippen LogP contribution >= 0.6 is 0 Å². The first-order chi connectivity index (χ1) is 12.4. The number of nitro groups is 1. The van der Waals surface area contributed by atoms with Crippen LogP contribution in [0.2, 0.25) is 0 Å². The first-order valence-electron chi connectivity index (χ1n) is 8.31. The zero-order valence-electron chi connectivity index (χ0n) is 14.3. The molecule has 0 spiro atoms. The number of carbonyl (C=O) groups excluding carboxylic acids is 1. The average molecular weight is 357 g/mol. The molecular weight excluding hydrogens is 334 g/mol. The lowest BCUT2D eigenvalue weighted by molar-refractivity contribution is -0.384. The number of hydrogen-bond acceptors (Lipinski definition) is 6. The third-order valence-electron chi connectivity index (χ3n) is 3.92. The Morgan fingerprint density at radius 1 is 1.00 bits per heavy atom. The lowest BCUT2D eigenvalue weighted by Gasteiger charge is -2.26. The molecule has 0 saturated carbocycles. The van der Waals surface area contributed by atoms with Crippen LogP contribution in [-0.4, -0.2) is 23.0 Å². The molecule has 6 N–H and O–H groups in total. The van der Waals surface area contributed by atoms with Crippen molar-refractivity contribution in [2.45, 2.75) is 31.5 Å². The summed E-state index contributed by atoms with van der Waals surface area (Å²) < 4.78 is 0.